The van der Waals surface area contributed by atoms with E-state index in [1.807, 2.05) is 14.0 Å². The largest absolute Gasteiger partial charge is 0.343 e. The normalized spacial score (nSPS) is 18.6. The molecule has 0 aromatic heterocycles. The molecule has 1 unspecified atom stereocenters. The molecule has 1 aromatic carbocycles. The quantitative estimate of drug-likeness (QED) is 0.828. The Morgan fingerprint density at radius 1 is 1.26 bits per heavy atom. The molecular formula is C17H26N2O3S. The van der Waals surface area contributed by atoms with Gasteiger partial charge in [0.2, 0.25) is 15.9 Å². The number of carbonyl (C=O) groups excluding carboxylic acids is 1. The van der Waals surface area contributed by atoms with E-state index in [9.17, 15) is 13.2 Å². The van der Waals surface area contributed by atoms with Crippen LogP contribution in [0.3, 0.4) is 0 Å². The van der Waals surface area contributed by atoms with Crippen molar-refractivity contribution in [3.8, 4) is 0 Å². The molecule has 0 radical (unpaired) electrons. The Morgan fingerprint density at radius 3 is 2.35 bits per heavy atom. The van der Waals surface area contributed by atoms with Crippen LogP contribution in [0.2, 0.25) is 0 Å². The molecule has 23 heavy (non-hydrogen) atoms. The maximum atomic E-state index is 12.6. The fraction of sp³-hybridized carbons (Fsp3) is 0.588. The molecule has 5 nitrogen and oxygen atoms in total. The molecule has 0 spiro atoms. The highest BCUT2D eigenvalue weighted by atomic mass is 32.2. The minimum absolute atomic E-state index is 0.0729. The van der Waals surface area contributed by atoms with Crippen LogP contribution in [0.25, 0.3) is 0 Å². The molecule has 1 heterocycles. The highest BCUT2D eigenvalue weighted by molar-refractivity contribution is 7.89. The molecule has 2 rings (SSSR count). The number of benzene rings is 1. The minimum atomic E-state index is -3.44. The molecule has 0 saturated carbocycles. The van der Waals surface area contributed by atoms with Crippen LogP contribution in [0.5, 0.6) is 0 Å². The van der Waals surface area contributed by atoms with Crippen molar-refractivity contribution in [3.63, 3.8) is 0 Å². The van der Waals surface area contributed by atoms with Crippen molar-refractivity contribution < 1.29 is 13.2 Å². The third kappa shape index (κ3) is 3.93. The van der Waals surface area contributed by atoms with Gasteiger partial charge in [-0.25, -0.2) is 8.42 Å². The summed E-state index contributed by atoms with van der Waals surface area (Å²) in [5.74, 6) is 0.0623. The topological polar surface area (TPSA) is 57.7 Å². The Bertz CT molecular complexity index is 622. The third-order valence-corrected chi connectivity index (χ3v) is 6.70. The van der Waals surface area contributed by atoms with Crippen molar-refractivity contribution in [2.24, 2.45) is 5.92 Å². The molecule has 0 bridgehead atoms. The van der Waals surface area contributed by atoms with Crippen molar-refractivity contribution in [3.05, 3.63) is 30.3 Å². The van der Waals surface area contributed by atoms with E-state index in [4.69, 9.17) is 0 Å². The standard InChI is InChI=1S/C17H26N2O3S/c1-4-14(2)18(3)17(20)15-10-12-19(13-11-15)23(21,22)16-8-6-5-7-9-16/h5-9,14-15H,4,10-13H2,1-3H3. The number of piperidine rings is 1. The van der Waals surface area contributed by atoms with E-state index in [1.54, 1.807) is 35.2 Å². The molecule has 1 aliphatic rings. The lowest BCUT2D eigenvalue weighted by Crippen LogP contribution is -2.45. The zero-order valence-electron chi connectivity index (χ0n) is 14.1. The Labute approximate surface area is 139 Å². The molecule has 128 valence electrons. The summed E-state index contributed by atoms with van der Waals surface area (Å²) in [7, 11) is -1.61. The highest BCUT2D eigenvalue weighted by Gasteiger charge is 2.33. The maximum Gasteiger partial charge on any atom is 0.243 e. The number of rotatable bonds is 5. The van der Waals surface area contributed by atoms with Crippen molar-refractivity contribution in [1.29, 1.82) is 0 Å². The minimum Gasteiger partial charge on any atom is -0.343 e. The van der Waals surface area contributed by atoms with Gasteiger partial charge in [-0.3, -0.25) is 4.79 Å². The van der Waals surface area contributed by atoms with Crippen LogP contribution in [-0.2, 0) is 14.8 Å². The van der Waals surface area contributed by atoms with Crippen molar-refractivity contribution in [2.45, 2.75) is 44.0 Å². The molecule has 1 fully saturated rings. The summed E-state index contributed by atoms with van der Waals surface area (Å²) in [6, 6.07) is 8.70. The summed E-state index contributed by atoms with van der Waals surface area (Å²) in [5.41, 5.74) is 0. The van der Waals surface area contributed by atoms with E-state index in [0.717, 1.165) is 6.42 Å². The number of sulfonamides is 1. The van der Waals surface area contributed by atoms with Gasteiger partial charge in [-0.1, -0.05) is 25.1 Å². The van der Waals surface area contributed by atoms with Gasteiger partial charge in [-0.05, 0) is 38.3 Å². The van der Waals surface area contributed by atoms with E-state index < -0.39 is 10.0 Å². The summed E-state index contributed by atoms with van der Waals surface area (Å²) in [6.45, 7) is 4.90. The van der Waals surface area contributed by atoms with E-state index in [-0.39, 0.29) is 17.9 Å². The summed E-state index contributed by atoms with van der Waals surface area (Å²) >= 11 is 0. The van der Waals surface area contributed by atoms with Gasteiger partial charge in [-0.15, -0.1) is 0 Å². The fourth-order valence-electron chi connectivity index (χ4n) is 2.86. The lowest BCUT2D eigenvalue weighted by atomic mass is 9.96. The van der Waals surface area contributed by atoms with Crippen LogP contribution >= 0.6 is 0 Å². The Morgan fingerprint density at radius 2 is 1.83 bits per heavy atom. The molecular weight excluding hydrogens is 312 g/mol. The Balaban J connectivity index is 2.00. The molecule has 1 aliphatic heterocycles. The van der Waals surface area contributed by atoms with Crippen molar-refractivity contribution >= 4 is 15.9 Å². The first kappa shape index (κ1) is 17.9. The van der Waals surface area contributed by atoms with Crippen LogP contribution in [-0.4, -0.2) is 49.7 Å². The van der Waals surface area contributed by atoms with Crippen LogP contribution < -0.4 is 0 Å². The van der Waals surface area contributed by atoms with E-state index in [2.05, 4.69) is 6.92 Å². The average molecular weight is 338 g/mol. The predicted octanol–water partition coefficient (Wildman–Crippen LogP) is 2.34. The second-order valence-electron chi connectivity index (χ2n) is 6.20. The Hall–Kier alpha value is -1.40. The number of amides is 1. The number of nitrogens with zero attached hydrogens (tertiary/aromatic N) is 2. The lowest BCUT2D eigenvalue weighted by molar-refractivity contribution is -0.137. The SMILES string of the molecule is CCC(C)N(C)C(=O)C1CCN(S(=O)(=O)c2ccccc2)CC1. The molecule has 0 aliphatic carbocycles. The van der Waals surface area contributed by atoms with Crippen LogP contribution in [0.1, 0.15) is 33.1 Å². The highest BCUT2D eigenvalue weighted by Crippen LogP contribution is 2.25. The summed E-state index contributed by atoms with van der Waals surface area (Å²) in [6.07, 6.45) is 2.10. The first-order valence-corrected chi connectivity index (χ1v) is 9.63. The van der Waals surface area contributed by atoms with Crippen molar-refractivity contribution in [1.82, 2.24) is 9.21 Å². The van der Waals surface area contributed by atoms with Gasteiger partial charge < -0.3 is 4.90 Å². The molecule has 1 saturated heterocycles. The van der Waals surface area contributed by atoms with Crippen molar-refractivity contribution in [2.75, 3.05) is 20.1 Å². The maximum absolute atomic E-state index is 12.6. The lowest BCUT2D eigenvalue weighted by Gasteiger charge is -2.34. The summed E-state index contributed by atoms with van der Waals surface area (Å²) in [4.78, 5) is 14.6. The molecule has 1 atom stereocenters. The van der Waals surface area contributed by atoms with E-state index in [1.165, 1.54) is 4.31 Å². The van der Waals surface area contributed by atoms with Crippen LogP contribution in [0, 0.1) is 5.92 Å². The number of carbonyl (C=O) groups is 1. The first-order valence-electron chi connectivity index (χ1n) is 8.19. The second-order valence-corrected chi connectivity index (χ2v) is 8.14. The van der Waals surface area contributed by atoms with Gasteiger partial charge in [0, 0.05) is 32.1 Å². The van der Waals surface area contributed by atoms with Gasteiger partial charge >= 0.3 is 0 Å². The van der Waals surface area contributed by atoms with E-state index in [0.29, 0.717) is 30.8 Å². The molecule has 1 amide bonds. The monoisotopic (exact) mass is 338 g/mol. The van der Waals surface area contributed by atoms with Gasteiger partial charge in [0.1, 0.15) is 0 Å². The van der Waals surface area contributed by atoms with Gasteiger partial charge in [0.05, 0.1) is 4.90 Å². The number of hydrogen-bond donors (Lipinski definition) is 0. The smallest absolute Gasteiger partial charge is 0.243 e. The summed E-state index contributed by atoms with van der Waals surface area (Å²) in [5, 5.41) is 0. The fourth-order valence-corrected chi connectivity index (χ4v) is 4.35. The summed E-state index contributed by atoms with van der Waals surface area (Å²) < 4.78 is 26.7. The van der Waals surface area contributed by atoms with Crippen LogP contribution in [0.4, 0.5) is 0 Å². The van der Waals surface area contributed by atoms with Gasteiger partial charge in [0.15, 0.2) is 0 Å². The zero-order valence-corrected chi connectivity index (χ0v) is 14.9. The van der Waals surface area contributed by atoms with Crippen LogP contribution in [0.15, 0.2) is 35.2 Å². The Kier molecular flexibility index (Phi) is 5.81. The third-order valence-electron chi connectivity index (χ3n) is 4.78. The molecule has 1 aromatic rings. The second kappa shape index (κ2) is 7.45. The average Bonchev–Trinajstić information content (AvgIpc) is 2.60. The predicted molar refractivity (Wildman–Crippen MR) is 90.4 cm³/mol. The van der Waals surface area contributed by atoms with Gasteiger partial charge in [0.25, 0.3) is 0 Å². The van der Waals surface area contributed by atoms with Gasteiger partial charge in [-0.2, -0.15) is 4.31 Å². The molecule has 6 heteroatoms. The first-order chi connectivity index (χ1) is 10.9. The molecule has 0 N–H and O–H groups in total. The number of hydrogen-bond acceptors (Lipinski definition) is 3. The van der Waals surface area contributed by atoms with E-state index >= 15 is 0 Å². The zero-order chi connectivity index (χ0) is 17.0.